The lowest BCUT2D eigenvalue weighted by Gasteiger charge is -2.26. The quantitative estimate of drug-likeness (QED) is 0.232. The summed E-state index contributed by atoms with van der Waals surface area (Å²) in [5.74, 6) is 1.21. The zero-order valence-corrected chi connectivity index (χ0v) is 28.9. The molecule has 1 atom stereocenters. The number of aryl methyl sites for hydroxylation is 1. The van der Waals surface area contributed by atoms with Gasteiger partial charge in [-0.25, -0.2) is 14.6 Å². The fourth-order valence-corrected chi connectivity index (χ4v) is 6.11. The number of fused-ring (bicyclic) bond motifs is 4. The fraction of sp³-hybridized carbons (Fsp3) is 0.351. The van der Waals surface area contributed by atoms with Gasteiger partial charge in [-0.1, -0.05) is 56.3 Å². The Hall–Kier alpha value is -5.76. The van der Waals surface area contributed by atoms with E-state index in [1.165, 1.54) is 12.0 Å². The number of hydrogen-bond donors (Lipinski definition) is 3. The van der Waals surface area contributed by atoms with Crippen molar-refractivity contribution in [3.8, 4) is 22.9 Å². The number of ether oxygens (including phenoxy) is 2. The molecule has 14 heteroatoms. The predicted molar refractivity (Wildman–Crippen MR) is 189 cm³/mol. The maximum atomic E-state index is 13.8. The lowest BCUT2D eigenvalue weighted by molar-refractivity contribution is -0.136. The number of carbonyl (C=O) groups excluding carboxylic acids is 3. The highest BCUT2D eigenvalue weighted by atomic mass is 16.5. The number of para-hydroxylation sites is 2. The molecule has 5 aromatic rings. The number of rotatable bonds is 7. The fourth-order valence-electron chi connectivity index (χ4n) is 6.11. The van der Waals surface area contributed by atoms with Crippen LogP contribution in [0.4, 0.5) is 0 Å². The molecular weight excluding hydrogens is 652 g/mol. The van der Waals surface area contributed by atoms with Crippen LogP contribution in [-0.2, 0) is 29.3 Å². The summed E-state index contributed by atoms with van der Waals surface area (Å²) in [7, 11) is 1.53. The minimum atomic E-state index is -0.544. The Kier molecular flexibility index (Phi) is 10.9. The third kappa shape index (κ3) is 8.01. The largest absolute Gasteiger partial charge is 0.493 e. The normalized spacial score (nSPS) is 15.9. The number of carbonyl (C=O) groups is 3. The highest BCUT2D eigenvalue weighted by Crippen LogP contribution is 2.29. The van der Waals surface area contributed by atoms with Crippen molar-refractivity contribution in [2.45, 2.75) is 46.0 Å². The van der Waals surface area contributed by atoms with Gasteiger partial charge in [0.05, 0.1) is 37.3 Å². The van der Waals surface area contributed by atoms with Crippen LogP contribution in [0.2, 0.25) is 0 Å². The van der Waals surface area contributed by atoms with Gasteiger partial charge in [0.15, 0.2) is 23.1 Å². The molecule has 3 amide bonds. The lowest BCUT2D eigenvalue weighted by atomic mass is 10.0. The highest BCUT2D eigenvalue weighted by molar-refractivity contribution is 5.95. The molecule has 266 valence electrons. The first-order chi connectivity index (χ1) is 24.7. The summed E-state index contributed by atoms with van der Waals surface area (Å²) < 4.78 is 15.2. The number of amides is 3. The second-order valence-corrected chi connectivity index (χ2v) is 12.5. The maximum absolute atomic E-state index is 13.8. The van der Waals surface area contributed by atoms with Crippen LogP contribution in [-0.4, -0.2) is 85.4 Å². The van der Waals surface area contributed by atoms with Gasteiger partial charge >= 0.3 is 0 Å². The summed E-state index contributed by atoms with van der Waals surface area (Å²) in [6.07, 6.45) is 0.0378. The minimum absolute atomic E-state index is 0.0378. The van der Waals surface area contributed by atoms with Crippen molar-refractivity contribution in [1.82, 2.24) is 39.8 Å². The molecule has 3 N–H and O–H groups in total. The number of methoxy groups -OCH3 is 1. The summed E-state index contributed by atoms with van der Waals surface area (Å²) in [5.41, 5.74) is 2.68. The Morgan fingerprint density at radius 3 is 2.57 bits per heavy atom. The molecule has 6 rings (SSSR count). The third-order valence-corrected chi connectivity index (χ3v) is 8.76. The number of benzene rings is 3. The second-order valence-electron chi connectivity index (χ2n) is 12.5. The molecule has 2 bridgehead atoms. The Balaban J connectivity index is 1.31. The molecule has 1 aliphatic rings. The molecule has 0 radical (unpaired) electrons. The lowest BCUT2D eigenvalue weighted by Crippen LogP contribution is -2.46. The number of nitrogens with zero attached hydrogens (tertiary/aromatic N) is 6. The Bertz CT molecular complexity index is 2010. The van der Waals surface area contributed by atoms with Crippen LogP contribution >= 0.6 is 0 Å². The molecule has 3 aromatic carbocycles. The molecule has 0 spiro atoms. The predicted octanol–water partition coefficient (Wildman–Crippen LogP) is 3.35. The van der Waals surface area contributed by atoms with Crippen LogP contribution in [0.15, 0.2) is 72.8 Å². The van der Waals surface area contributed by atoms with E-state index < -0.39 is 6.04 Å². The van der Waals surface area contributed by atoms with E-state index in [0.29, 0.717) is 40.1 Å². The van der Waals surface area contributed by atoms with Crippen molar-refractivity contribution in [3.05, 3.63) is 90.0 Å². The number of imidazole rings is 1. The van der Waals surface area contributed by atoms with E-state index >= 15 is 0 Å². The average Bonchev–Trinajstić information content (AvgIpc) is 3.73. The summed E-state index contributed by atoms with van der Waals surface area (Å²) in [6, 6.07) is 21.4. The summed E-state index contributed by atoms with van der Waals surface area (Å²) in [5, 5.41) is 20.7. The molecule has 3 heterocycles. The monoisotopic (exact) mass is 694 g/mol. The minimum Gasteiger partial charge on any atom is -0.493 e. The van der Waals surface area contributed by atoms with Gasteiger partial charge in [0.25, 0.3) is 5.91 Å². The molecule has 0 saturated carbocycles. The van der Waals surface area contributed by atoms with Gasteiger partial charge in [-0.3, -0.25) is 14.4 Å². The standard InChI is InChI=1S/C37H42N8O6/c1-24(2)34-36-41-35(25-9-5-4-6-10-25)42-45(36)19-20-51-30-21-26(13-14-29(30)50-3)37(49)38-16-18-43(22-32(47)40-34)33(48)15-17-44-28-12-8-7-11-27(28)39-31(44)23-46/h4-14,21,24,34,46H,15-20,22-23H2,1-3H3,(H,38,49)(H,40,47)/t34-/m1/s1. The van der Waals surface area contributed by atoms with E-state index in [-0.39, 0.29) is 76.0 Å². The molecule has 2 aromatic heterocycles. The van der Waals surface area contributed by atoms with E-state index in [1.807, 2.05) is 73.0 Å². The molecule has 14 nitrogen and oxygen atoms in total. The van der Waals surface area contributed by atoms with Crippen LogP contribution in [0.3, 0.4) is 0 Å². The number of aliphatic hydroxyl groups excluding tert-OH is 1. The maximum Gasteiger partial charge on any atom is 0.251 e. The molecule has 0 fully saturated rings. The van der Waals surface area contributed by atoms with Crippen molar-refractivity contribution < 1.29 is 29.0 Å². The van der Waals surface area contributed by atoms with Gasteiger partial charge in [-0.2, -0.15) is 5.10 Å². The summed E-state index contributed by atoms with van der Waals surface area (Å²) >= 11 is 0. The molecule has 0 aliphatic carbocycles. The van der Waals surface area contributed by atoms with Gasteiger partial charge in [0, 0.05) is 37.2 Å². The van der Waals surface area contributed by atoms with Gasteiger partial charge < -0.3 is 34.7 Å². The topological polar surface area (TPSA) is 166 Å². The SMILES string of the molecule is COc1ccc2cc1OCCn1nc(-c3ccccc3)nc1[C@@H](C(C)C)NC(=O)CN(C(=O)CCn1c(CO)nc3ccccc31)CCNC2=O. The smallest absolute Gasteiger partial charge is 0.251 e. The molecule has 51 heavy (non-hydrogen) atoms. The number of hydrogen-bond acceptors (Lipinski definition) is 9. The highest BCUT2D eigenvalue weighted by Gasteiger charge is 2.28. The van der Waals surface area contributed by atoms with Gasteiger partial charge in [0.1, 0.15) is 19.0 Å². The Morgan fingerprint density at radius 2 is 1.80 bits per heavy atom. The van der Waals surface area contributed by atoms with E-state index in [1.54, 1.807) is 22.9 Å². The van der Waals surface area contributed by atoms with Crippen molar-refractivity contribution >= 4 is 28.8 Å². The van der Waals surface area contributed by atoms with Crippen molar-refractivity contribution in [2.24, 2.45) is 5.92 Å². The van der Waals surface area contributed by atoms with Crippen LogP contribution < -0.4 is 20.1 Å². The van der Waals surface area contributed by atoms with Crippen molar-refractivity contribution in [2.75, 3.05) is 33.4 Å². The Labute approximate surface area is 295 Å². The Morgan fingerprint density at radius 1 is 1.02 bits per heavy atom. The number of nitrogens with one attached hydrogen (secondary N) is 2. The molecular formula is C37H42N8O6. The zero-order chi connectivity index (χ0) is 35.9. The third-order valence-electron chi connectivity index (χ3n) is 8.76. The van der Waals surface area contributed by atoms with Gasteiger partial charge in [0.2, 0.25) is 11.8 Å². The zero-order valence-electron chi connectivity index (χ0n) is 28.9. The van der Waals surface area contributed by atoms with Crippen molar-refractivity contribution in [3.63, 3.8) is 0 Å². The van der Waals surface area contributed by atoms with Crippen molar-refractivity contribution in [1.29, 1.82) is 0 Å². The van der Waals surface area contributed by atoms with E-state index in [0.717, 1.165) is 11.1 Å². The van der Waals surface area contributed by atoms with E-state index in [2.05, 4.69) is 15.6 Å². The van der Waals surface area contributed by atoms with Crippen LogP contribution in [0.25, 0.3) is 22.4 Å². The summed E-state index contributed by atoms with van der Waals surface area (Å²) in [6.45, 7) is 4.32. The van der Waals surface area contributed by atoms with Crippen LogP contribution in [0.5, 0.6) is 11.5 Å². The van der Waals surface area contributed by atoms with Crippen LogP contribution in [0, 0.1) is 5.92 Å². The van der Waals surface area contributed by atoms with Gasteiger partial charge in [-0.05, 0) is 36.2 Å². The first-order valence-electron chi connectivity index (χ1n) is 17.0. The summed E-state index contributed by atoms with van der Waals surface area (Å²) in [4.78, 5) is 51.6. The average molecular weight is 695 g/mol. The first-order valence-corrected chi connectivity index (χ1v) is 17.0. The second kappa shape index (κ2) is 15.9. The molecule has 0 saturated heterocycles. The number of aliphatic hydroxyl groups is 1. The van der Waals surface area contributed by atoms with E-state index in [4.69, 9.17) is 19.6 Å². The van der Waals surface area contributed by atoms with Crippen LogP contribution in [0.1, 0.15) is 48.3 Å². The van der Waals surface area contributed by atoms with Gasteiger partial charge in [-0.15, -0.1) is 0 Å². The molecule has 1 aliphatic heterocycles. The first kappa shape index (κ1) is 35.1. The van der Waals surface area contributed by atoms with E-state index in [9.17, 15) is 19.5 Å². The molecule has 0 unspecified atom stereocenters. The number of aromatic nitrogens is 5.